The molecule has 0 radical (unpaired) electrons. The van der Waals surface area contributed by atoms with Gasteiger partial charge < -0.3 is 10.1 Å². The molecule has 0 atom stereocenters. The molecule has 1 fully saturated rings. The highest BCUT2D eigenvalue weighted by atomic mass is 16.5. The number of hydrogen-bond acceptors (Lipinski definition) is 2. The molecule has 31 heavy (non-hydrogen) atoms. The second-order valence-corrected chi connectivity index (χ2v) is 8.57. The Balaban J connectivity index is 1.48. The maximum Gasteiger partial charge on any atom is 0.220 e. The normalized spacial score (nSPS) is 15.0. The van der Waals surface area contributed by atoms with Crippen LogP contribution in [0.25, 0.3) is 0 Å². The molecule has 1 N–H and O–H groups in total. The van der Waals surface area contributed by atoms with Crippen LogP contribution in [-0.4, -0.2) is 19.6 Å². The van der Waals surface area contributed by atoms with E-state index in [9.17, 15) is 4.79 Å². The first-order valence-corrected chi connectivity index (χ1v) is 11.2. The van der Waals surface area contributed by atoms with Gasteiger partial charge in [0.15, 0.2) is 0 Å². The molecule has 1 aliphatic carbocycles. The van der Waals surface area contributed by atoms with E-state index in [0.29, 0.717) is 13.0 Å². The molecule has 1 amide bonds. The summed E-state index contributed by atoms with van der Waals surface area (Å²) >= 11 is 0. The van der Waals surface area contributed by atoms with Crippen LogP contribution in [0.3, 0.4) is 0 Å². The molecule has 0 aliphatic heterocycles. The van der Waals surface area contributed by atoms with Gasteiger partial charge in [-0.25, -0.2) is 0 Å². The van der Waals surface area contributed by atoms with Crippen molar-refractivity contribution in [3.8, 4) is 5.75 Å². The van der Waals surface area contributed by atoms with Gasteiger partial charge in [0, 0.05) is 24.3 Å². The van der Waals surface area contributed by atoms with E-state index >= 15 is 0 Å². The van der Waals surface area contributed by atoms with Crippen LogP contribution < -0.4 is 10.1 Å². The van der Waals surface area contributed by atoms with Gasteiger partial charge in [0.25, 0.3) is 0 Å². The predicted octanol–water partition coefficient (Wildman–Crippen LogP) is 5.85. The second-order valence-electron chi connectivity index (χ2n) is 8.57. The molecule has 0 unspecified atom stereocenters. The lowest BCUT2D eigenvalue weighted by molar-refractivity contribution is -0.121. The first-order chi connectivity index (χ1) is 15.2. The first-order valence-electron chi connectivity index (χ1n) is 11.2. The van der Waals surface area contributed by atoms with E-state index in [1.807, 2.05) is 48.5 Å². The zero-order valence-electron chi connectivity index (χ0n) is 18.2. The van der Waals surface area contributed by atoms with Crippen molar-refractivity contribution < 1.29 is 9.53 Å². The predicted molar refractivity (Wildman–Crippen MR) is 125 cm³/mol. The van der Waals surface area contributed by atoms with Gasteiger partial charge in [-0.15, -0.1) is 0 Å². The summed E-state index contributed by atoms with van der Waals surface area (Å²) in [4.78, 5) is 13.1. The molecular formula is C28H31NO2. The van der Waals surface area contributed by atoms with Crippen LogP contribution >= 0.6 is 0 Å². The van der Waals surface area contributed by atoms with E-state index in [2.05, 4.69) is 41.7 Å². The smallest absolute Gasteiger partial charge is 0.220 e. The molecule has 0 spiro atoms. The lowest BCUT2D eigenvalue weighted by Gasteiger charge is -2.30. The summed E-state index contributed by atoms with van der Waals surface area (Å²) in [7, 11) is 1.69. The molecule has 3 heteroatoms. The van der Waals surface area contributed by atoms with Crippen LogP contribution in [0, 0.1) is 0 Å². The topological polar surface area (TPSA) is 38.3 Å². The van der Waals surface area contributed by atoms with Crippen LogP contribution in [0.15, 0.2) is 84.9 Å². The summed E-state index contributed by atoms with van der Waals surface area (Å²) in [6.45, 7) is 0.689. The van der Waals surface area contributed by atoms with E-state index in [-0.39, 0.29) is 17.2 Å². The number of carbonyl (C=O) groups is 1. The third-order valence-electron chi connectivity index (χ3n) is 6.68. The van der Waals surface area contributed by atoms with Gasteiger partial charge in [0.1, 0.15) is 5.75 Å². The number of ether oxygens (including phenoxy) is 1. The third kappa shape index (κ3) is 4.99. The van der Waals surface area contributed by atoms with Gasteiger partial charge in [-0.1, -0.05) is 85.6 Å². The Labute approximate surface area is 185 Å². The highest BCUT2D eigenvalue weighted by molar-refractivity contribution is 5.77. The van der Waals surface area contributed by atoms with Crippen LogP contribution in [-0.2, 0) is 10.2 Å². The fraction of sp³-hybridized carbons (Fsp3) is 0.321. The average Bonchev–Trinajstić information content (AvgIpc) is 3.33. The summed E-state index contributed by atoms with van der Waals surface area (Å²) in [6.07, 6.45) is 5.09. The highest BCUT2D eigenvalue weighted by Gasteiger charge is 2.36. The maximum atomic E-state index is 13.1. The number of amides is 1. The van der Waals surface area contributed by atoms with Gasteiger partial charge in [0.2, 0.25) is 5.91 Å². The molecule has 160 valence electrons. The molecule has 3 nitrogen and oxygen atoms in total. The van der Waals surface area contributed by atoms with Gasteiger partial charge in [-0.3, -0.25) is 4.79 Å². The quantitative estimate of drug-likeness (QED) is 0.503. The minimum Gasteiger partial charge on any atom is -0.497 e. The van der Waals surface area contributed by atoms with E-state index in [1.165, 1.54) is 29.5 Å². The lowest BCUT2D eigenvalue weighted by atomic mass is 9.78. The average molecular weight is 414 g/mol. The zero-order chi connectivity index (χ0) is 21.5. The van der Waals surface area contributed by atoms with Gasteiger partial charge in [0.05, 0.1) is 7.11 Å². The Morgan fingerprint density at radius 3 is 1.94 bits per heavy atom. The molecular weight excluding hydrogens is 382 g/mol. The minimum absolute atomic E-state index is 0.0247. The molecule has 1 saturated carbocycles. The zero-order valence-corrected chi connectivity index (χ0v) is 18.2. The Morgan fingerprint density at radius 1 is 0.871 bits per heavy atom. The van der Waals surface area contributed by atoms with Crippen molar-refractivity contribution in [2.45, 2.75) is 43.4 Å². The fourth-order valence-electron chi connectivity index (χ4n) is 4.89. The number of benzene rings is 3. The maximum absolute atomic E-state index is 13.1. The van der Waals surface area contributed by atoms with Crippen molar-refractivity contribution >= 4 is 5.91 Å². The molecule has 0 saturated heterocycles. The molecule has 3 aromatic carbocycles. The molecule has 0 bridgehead atoms. The van der Waals surface area contributed by atoms with Crippen molar-refractivity contribution in [3.63, 3.8) is 0 Å². The van der Waals surface area contributed by atoms with E-state index in [1.54, 1.807) is 7.11 Å². The van der Waals surface area contributed by atoms with Gasteiger partial charge in [-0.05, 0) is 41.7 Å². The molecule has 4 rings (SSSR count). The van der Waals surface area contributed by atoms with Crippen LogP contribution in [0.5, 0.6) is 5.75 Å². The van der Waals surface area contributed by atoms with Crippen molar-refractivity contribution in [1.29, 1.82) is 0 Å². The fourth-order valence-corrected chi connectivity index (χ4v) is 4.89. The Hall–Kier alpha value is -3.07. The summed E-state index contributed by atoms with van der Waals surface area (Å²) in [5, 5.41) is 3.29. The van der Waals surface area contributed by atoms with Crippen molar-refractivity contribution in [3.05, 3.63) is 102 Å². The Morgan fingerprint density at radius 2 is 1.42 bits per heavy atom. The van der Waals surface area contributed by atoms with Gasteiger partial charge in [-0.2, -0.15) is 0 Å². The van der Waals surface area contributed by atoms with Crippen LogP contribution in [0.2, 0.25) is 0 Å². The Bertz CT molecular complexity index is 921. The summed E-state index contributed by atoms with van der Waals surface area (Å²) in [6, 6.07) is 29.0. The standard InChI is InChI=1S/C28H31NO2/c1-31-25-16-14-24(15-17-25)28(18-8-9-19-28)21-29-27(30)20-26(22-10-4-2-5-11-22)23-12-6-3-7-13-23/h2-7,10-17,26H,8-9,18-21H2,1H3,(H,29,30). The van der Waals surface area contributed by atoms with Crippen molar-refractivity contribution in [1.82, 2.24) is 5.32 Å². The van der Waals surface area contributed by atoms with Crippen LogP contribution in [0.1, 0.15) is 54.7 Å². The number of hydrogen-bond donors (Lipinski definition) is 1. The SMILES string of the molecule is COc1ccc(C2(CNC(=O)CC(c3ccccc3)c3ccccc3)CCCC2)cc1. The highest BCUT2D eigenvalue weighted by Crippen LogP contribution is 2.41. The van der Waals surface area contributed by atoms with E-state index in [0.717, 1.165) is 18.6 Å². The molecule has 1 aliphatic rings. The van der Waals surface area contributed by atoms with E-state index in [4.69, 9.17) is 4.74 Å². The summed E-state index contributed by atoms with van der Waals surface area (Å²) in [5.41, 5.74) is 3.68. The Kier molecular flexibility index (Phi) is 6.71. The molecule has 0 heterocycles. The third-order valence-corrected chi connectivity index (χ3v) is 6.68. The molecule has 0 aromatic heterocycles. The second kappa shape index (κ2) is 9.82. The molecule has 3 aromatic rings. The number of rotatable bonds is 8. The number of methoxy groups -OCH3 is 1. The minimum atomic E-state index is 0.0247. The van der Waals surface area contributed by atoms with Crippen LogP contribution in [0.4, 0.5) is 0 Å². The summed E-state index contributed by atoms with van der Waals surface area (Å²) < 4.78 is 5.32. The largest absolute Gasteiger partial charge is 0.497 e. The monoisotopic (exact) mass is 413 g/mol. The van der Waals surface area contributed by atoms with Gasteiger partial charge >= 0.3 is 0 Å². The number of nitrogens with one attached hydrogen (secondary N) is 1. The first kappa shape index (κ1) is 21.2. The summed E-state index contributed by atoms with van der Waals surface area (Å²) in [5.74, 6) is 1.04. The van der Waals surface area contributed by atoms with E-state index < -0.39 is 0 Å². The van der Waals surface area contributed by atoms with Crippen molar-refractivity contribution in [2.24, 2.45) is 0 Å². The van der Waals surface area contributed by atoms with Crippen molar-refractivity contribution in [2.75, 3.05) is 13.7 Å². The lowest BCUT2D eigenvalue weighted by Crippen LogP contribution is -2.39. The number of carbonyl (C=O) groups excluding carboxylic acids is 1.